The molecule has 0 bridgehead atoms. The van der Waals surface area contributed by atoms with Crippen LogP contribution in [0.1, 0.15) is 42.6 Å². The molecular weight excluding hydrogens is 500 g/mol. The molecule has 1 saturated heterocycles. The zero-order valence-electron chi connectivity index (χ0n) is 19.6. The molecule has 2 aromatic rings. The van der Waals surface area contributed by atoms with Gasteiger partial charge >= 0.3 is 5.97 Å². The second-order valence-electron chi connectivity index (χ2n) is 8.64. The first-order valence-electron chi connectivity index (χ1n) is 11.6. The Morgan fingerprint density at radius 1 is 1.15 bits per heavy atom. The van der Waals surface area contributed by atoms with Crippen molar-refractivity contribution in [3.63, 3.8) is 0 Å². The summed E-state index contributed by atoms with van der Waals surface area (Å²) in [6, 6.07) is 14.0. The van der Waals surface area contributed by atoms with Crippen molar-refractivity contribution in [2.45, 2.75) is 39.2 Å². The fourth-order valence-electron chi connectivity index (χ4n) is 3.66. The van der Waals surface area contributed by atoms with Crippen LogP contribution in [0.2, 0.25) is 0 Å². The molecule has 7 nitrogen and oxygen atoms in total. The number of ether oxygens (including phenoxy) is 2. The van der Waals surface area contributed by atoms with Crippen LogP contribution in [0.3, 0.4) is 0 Å². The molecule has 0 radical (unpaired) electrons. The number of hydrogen-bond acceptors (Lipinski definition) is 5. The highest BCUT2D eigenvalue weighted by Crippen LogP contribution is 2.27. The number of hydrogen-bond donors (Lipinski definition) is 1. The normalized spacial score (nSPS) is 15.7. The summed E-state index contributed by atoms with van der Waals surface area (Å²) in [6.07, 6.45) is 1.23. The topological polar surface area (TPSA) is 84.9 Å². The lowest BCUT2D eigenvalue weighted by Crippen LogP contribution is -2.57. The average molecular weight is 531 g/mol. The lowest BCUT2D eigenvalue weighted by Gasteiger charge is -2.35. The van der Waals surface area contributed by atoms with Crippen LogP contribution in [0.5, 0.6) is 5.75 Å². The molecule has 8 heteroatoms. The SMILES string of the molecule is CC(C)CCOc1ccc(Br)cc1C(=O)N1CCNC(=O)C1CC(=O)OCCc1ccccc1. The van der Waals surface area contributed by atoms with Crippen molar-refractivity contribution in [3.8, 4) is 5.75 Å². The fourth-order valence-corrected chi connectivity index (χ4v) is 4.02. The molecule has 1 N–H and O–H groups in total. The maximum Gasteiger partial charge on any atom is 0.308 e. The van der Waals surface area contributed by atoms with Gasteiger partial charge in [0.25, 0.3) is 5.91 Å². The molecule has 2 aromatic carbocycles. The maximum atomic E-state index is 13.5. The second kappa shape index (κ2) is 12.6. The summed E-state index contributed by atoms with van der Waals surface area (Å²) in [5.74, 6) is -0.296. The van der Waals surface area contributed by atoms with E-state index in [1.54, 1.807) is 12.1 Å². The minimum atomic E-state index is -0.937. The standard InChI is InChI=1S/C26H31BrN2O5/c1-18(2)10-14-33-23-9-8-20(27)16-21(23)26(32)29-13-12-28-25(31)22(29)17-24(30)34-15-11-19-6-4-3-5-7-19/h3-9,16,18,22H,10-15,17H2,1-2H3,(H,28,31). The van der Waals surface area contributed by atoms with Crippen molar-refractivity contribution in [2.75, 3.05) is 26.3 Å². The third kappa shape index (κ3) is 7.32. The van der Waals surface area contributed by atoms with E-state index in [1.807, 2.05) is 36.4 Å². The van der Waals surface area contributed by atoms with E-state index in [0.717, 1.165) is 16.5 Å². The summed E-state index contributed by atoms with van der Waals surface area (Å²) >= 11 is 3.42. The van der Waals surface area contributed by atoms with Crippen molar-refractivity contribution >= 4 is 33.7 Å². The molecule has 1 aliphatic heterocycles. The van der Waals surface area contributed by atoms with Gasteiger partial charge in [0.15, 0.2) is 0 Å². The van der Waals surface area contributed by atoms with Crippen molar-refractivity contribution in [1.82, 2.24) is 10.2 Å². The van der Waals surface area contributed by atoms with Crippen molar-refractivity contribution < 1.29 is 23.9 Å². The molecule has 0 saturated carbocycles. The van der Waals surface area contributed by atoms with Gasteiger partial charge in [-0.2, -0.15) is 0 Å². The third-order valence-corrected chi connectivity index (χ3v) is 6.07. The van der Waals surface area contributed by atoms with E-state index in [2.05, 4.69) is 35.1 Å². The van der Waals surface area contributed by atoms with Crippen LogP contribution in [-0.4, -0.2) is 55.0 Å². The van der Waals surface area contributed by atoms with Crippen molar-refractivity contribution in [2.24, 2.45) is 5.92 Å². The first kappa shape index (κ1) is 25.7. The van der Waals surface area contributed by atoms with Gasteiger partial charge in [-0.1, -0.05) is 60.1 Å². The average Bonchev–Trinajstić information content (AvgIpc) is 2.81. The zero-order valence-corrected chi connectivity index (χ0v) is 21.2. The molecular formula is C26H31BrN2O5. The number of nitrogens with one attached hydrogen (secondary N) is 1. The molecule has 0 spiro atoms. The van der Waals surface area contributed by atoms with Gasteiger partial charge in [-0.3, -0.25) is 14.4 Å². The van der Waals surface area contributed by atoms with E-state index in [0.29, 0.717) is 43.3 Å². The van der Waals surface area contributed by atoms with Crippen LogP contribution in [0, 0.1) is 5.92 Å². The van der Waals surface area contributed by atoms with Gasteiger partial charge in [0.2, 0.25) is 5.91 Å². The number of amides is 2. The van der Waals surface area contributed by atoms with Crippen LogP contribution in [0.25, 0.3) is 0 Å². The van der Waals surface area contributed by atoms with E-state index in [-0.39, 0.29) is 24.8 Å². The number of carbonyl (C=O) groups is 3. The first-order chi connectivity index (χ1) is 16.3. The van der Waals surface area contributed by atoms with E-state index in [9.17, 15) is 14.4 Å². The molecule has 1 atom stereocenters. The Labute approximate surface area is 208 Å². The number of halogens is 1. The summed E-state index contributed by atoms with van der Waals surface area (Å²) in [5.41, 5.74) is 1.41. The van der Waals surface area contributed by atoms with Gasteiger partial charge in [0.1, 0.15) is 11.8 Å². The minimum Gasteiger partial charge on any atom is -0.493 e. The van der Waals surface area contributed by atoms with Crippen LogP contribution >= 0.6 is 15.9 Å². The Morgan fingerprint density at radius 3 is 2.65 bits per heavy atom. The van der Waals surface area contributed by atoms with Crippen molar-refractivity contribution in [1.29, 1.82) is 0 Å². The van der Waals surface area contributed by atoms with E-state index in [1.165, 1.54) is 4.90 Å². The maximum absolute atomic E-state index is 13.5. The molecule has 1 heterocycles. The van der Waals surface area contributed by atoms with Gasteiger partial charge in [-0.25, -0.2) is 0 Å². The second-order valence-corrected chi connectivity index (χ2v) is 9.55. The Balaban J connectivity index is 1.68. The minimum absolute atomic E-state index is 0.204. The molecule has 34 heavy (non-hydrogen) atoms. The van der Waals surface area contributed by atoms with E-state index in [4.69, 9.17) is 9.47 Å². The van der Waals surface area contributed by atoms with Crippen LogP contribution in [0.4, 0.5) is 0 Å². The third-order valence-electron chi connectivity index (χ3n) is 5.57. The summed E-state index contributed by atoms with van der Waals surface area (Å²) in [4.78, 5) is 40.1. The molecule has 1 unspecified atom stereocenters. The van der Waals surface area contributed by atoms with Gasteiger partial charge in [0, 0.05) is 24.0 Å². The van der Waals surface area contributed by atoms with Crippen LogP contribution in [0.15, 0.2) is 53.0 Å². The van der Waals surface area contributed by atoms with Gasteiger partial charge in [0.05, 0.1) is 25.2 Å². The monoisotopic (exact) mass is 530 g/mol. The molecule has 3 rings (SSSR count). The van der Waals surface area contributed by atoms with E-state index < -0.39 is 12.0 Å². The Bertz CT molecular complexity index is 996. The Kier molecular flexibility index (Phi) is 9.51. The number of benzene rings is 2. The van der Waals surface area contributed by atoms with Crippen LogP contribution in [-0.2, 0) is 20.7 Å². The van der Waals surface area contributed by atoms with Gasteiger partial charge in [-0.05, 0) is 36.1 Å². The summed E-state index contributed by atoms with van der Waals surface area (Å²) in [7, 11) is 0. The molecule has 182 valence electrons. The summed E-state index contributed by atoms with van der Waals surface area (Å²) in [5, 5.41) is 2.75. The fraction of sp³-hybridized carbons (Fsp3) is 0.423. The summed E-state index contributed by atoms with van der Waals surface area (Å²) < 4.78 is 12.0. The Hall–Kier alpha value is -2.87. The zero-order chi connectivity index (χ0) is 24.5. The molecule has 1 aliphatic rings. The molecule has 0 aliphatic carbocycles. The highest BCUT2D eigenvalue weighted by atomic mass is 79.9. The first-order valence-corrected chi connectivity index (χ1v) is 12.3. The lowest BCUT2D eigenvalue weighted by molar-refractivity contribution is -0.147. The van der Waals surface area contributed by atoms with Crippen LogP contribution < -0.4 is 10.1 Å². The molecule has 1 fully saturated rings. The van der Waals surface area contributed by atoms with Gasteiger partial charge in [-0.15, -0.1) is 0 Å². The molecule has 0 aromatic heterocycles. The number of piperazine rings is 1. The van der Waals surface area contributed by atoms with Gasteiger partial charge < -0.3 is 19.7 Å². The number of rotatable bonds is 10. The largest absolute Gasteiger partial charge is 0.493 e. The smallest absolute Gasteiger partial charge is 0.308 e. The molecule has 2 amide bonds. The van der Waals surface area contributed by atoms with Crippen molar-refractivity contribution in [3.05, 3.63) is 64.1 Å². The Morgan fingerprint density at radius 2 is 1.91 bits per heavy atom. The number of carbonyl (C=O) groups excluding carboxylic acids is 3. The predicted molar refractivity (Wildman–Crippen MR) is 133 cm³/mol. The summed E-state index contributed by atoms with van der Waals surface area (Å²) in [6.45, 7) is 5.52. The lowest BCUT2D eigenvalue weighted by atomic mass is 10.1. The number of nitrogens with zero attached hydrogens (tertiary/aromatic N) is 1. The predicted octanol–water partition coefficient (Wildman–Crippen LogP) is 3.99. The highest BCUT2D eigenvalue weighted by molar-refractivity contribution is 9.10. The highest BCUT2D eigenvalue weighted by Gasteiger charge is 2.36. The number of esters is 1. The van der Waals surface area contributed by atoms with E-state index >= 15 is 0 Å². The quantitative estimate of drug-likeness (QED) is 0.469.